The van der Waals surface area contributed by atoms with E-state index in [0.717, 1.165) is 16.7 Å². The number of benzene rings is 1. The van der Waals surface area contributed by atoms with Crippen LogP contribution in [-0.4, -0.2) is 29.4 Å². The smallest absolute Gasteiger partial charge is 0.305 e. The molecule has 1 aromatic carbocycles. The van der Waals surface area contributed by atoms with E-state index in [0.29, 0.717) is 25.7 Å². The number of ether oxygens (including phenoxy) is 1. The Morgan fingerprint density at radius 3 is 2.52 bits per heavy atom. The fourth-order valence-corrected chi connectivity index (χ4v) is 2.70. The molecule has 0 aliphatic heterocycles. The third-order valence-corrected chi connectivity index (χ3v) is 4.35. The van der Waals surface area contributed by atoms with Crippen LogP contribution in [0.2, 0.25) is 0 Å². The van der Waals surface area contributed by atoms with Gasteiger partial charge in [-0.2, -0.15) is 0 Å². The van der Waals surface area contributed by atoms with Gasteiger partial charge in [-0.1, -0.05) is 43.3 Å². The molecule has 0 aromatic heterocycles. The lowest BCUT2D eigenvalue weighted by Crippen LogP contribution is -2.23. The van der Waals surface area contributed by atoms with E-state index in [1.807, 2.05) is 30.3 Å². The summed E-state index contributed by atoms with van der Waals surface area (Å²) < 4.78 is 4.55. The van der Waals surface area contributed by atoms with E-state index in [2.05, 4.69) is 4.74 Å². The Bertz CT molecular complexity index is 447. The van der Waals surface area contributed by atoms with Crippen molar-refractivity contribution in [2.45, 2.75) is 43.6 Å². The summed E-state index contributed by atoms with van der Waals surface area (Å²) in [5.74, 6) is -0.665. The van der Waals surface area contributed by atoms with Crippen LogP contribution in [0.4, 0.5) is 0 Å². The number of hydrogen-bond donors (Lipinski definition) is 1. The topological polar surface area (TPSA) is 63.6 Å². The highest BCUT2D eigenvalue weighted by atomic mass is 32.2. The van der Waals surface area contributed by atoms with Crippen LogP contribution in [0.1, 0.15) is 32.6 Å². The Morgan fingerprint density at radius 1 is 1.24 bits per heavy atom. The molecule has 0 bridgehead atoms. The van der Waals surface area contributed by atoms with Crippen molar-refractivity contribution < 1.29 is 19.4 Å². The molecule has 0 saturated heterocycles. The van der Waals surface area contributed by atoms with Crippen molar-refractivity contribution in [3.05, 3.63) is 30.3 Å². The van der Waals surface area contributed by atoms with Crippen LogP contribution >= 0.6 is 11.8 Å². The normalized spacial score (nSPS) is 13.5. The number of thioether (sulfide) groups is 1. The van der Waals surface area contributed by atoms with Crippen molar-refractivity contribution in [2.24, 2.45) is 5.92 Å². The van der Waals surface area contributed by atoms with Gasteiger partial charge < -0.3 is 9.84 Å². The number of esters is 1. The van der Waals surface area contributed by atoms with Gasteiger partial charge in [0.25, 0.3) is 0 Å². The standard InChI is InChI=1S/C16H22O4S/c1-12(14(17)10-6-7-11-15(18)20-2)16(19)21-13-8-4-3-5-9-13/h3-5,8-9,12,14,17H,6-7,10-11H2,1-2H3/t12-,14+/m0/s1. The number of aliphatic hydroxyl groups is 1. The van der Waals surface area contributed by atoms with Crippen molar-refractivity contribution in [1.82, 2.24) is 0 Å². The summed E-state index contributed by atoms with van der Waals surface area (Å²) in [4.78, 5) is 23.9. The van der Waals surface area contributed by atoms with Crippen molar-refractivity contribution >= 4 is 22.8 Å². The fourth-order valence-electron chi connectivity index (χ4n) is 1.83. The monoisotopic (exact) mass is 310 g/mol. The van der Waals surface area contributed by atoms with Gasteiger partial charge >= 0.3 is 5.97 Å². The van der Waals surface area contributed by atoms with E-state index in [1.54, 1.807) is 6.92 Å². The van der Waals surface area contributed by atoms with Gasteiger partial charge in [-0.05, 0) is 25.0 Å². The molecule has 5 heteroatoms. The van der Waals surface area contributed by atoms with Crippen molar-refractivity contribution in [1.29, 1.82) is 0 Å². The first-order valence-electron chi connectivity index (χ1n) is 7.06. The molecule has 1 aromatic rings. The molecule has 1 N–H and O–H groups in total. The summed E-state index contributed by atoms with van der Waals surface area (Å²) in [6, 6.07) is 9.40. The van der Waals surface area contributed by atoms with Crippen molar-refractivity contribution in [3.63, 3.8) is 0 Å². The van der Waals surface area contributed by atoms with Gasteiger partial charge in [-0.15, -0.1) is 0 Å². The minimum absolute atomic E-state index is 0.0401. The minimum atomic E-state index is -0.675. The zero-order valence-corrected chi connectivity index (χ0v) is 13.3. The Kier molecular flexibility index (Phi) is 8.08. The van der Waals surface area contributed by atoms with Crippen LogP contribution in [-0.2, 0) is 14.3 Å². The summed E-state index contributed by atoms with van der Waals surface area (Å²) in [6.45, 7) is 1.74. The van der Waals surface area contributed by atoms with Gasteiger partial charge in [0.2, 0.25) is 0 Å². The lowest BCUT2D eigenvalue weighted by atomic mass is 10.0. The summed E-state index contributed by atoms with van der Waals surface area (Å²) in [5, 5.41) is 10.00. The van der Waals surface area contributed by atoms with Crippen LogP contribution in [0, 0.1) is 5.92 Å². The van der Waals surface area contributed by atoms with Crippen LogP contribution in [0.5, 0.6) is 0 Å². The Morgan fingerprint density at radius 2 is 1.90 bits per heavy atom. The number of hydrogen-bond acceptors (Lipinski definition) is 5. The molecule has 1 rings (SSSR count). The molecule has 116 valence electrons. The van der Waals surface area contributed by atoms with E-state index in [9.17, 15) is 14.7 Å². The van der Waals surface area contributed by atoms with E-state index in [4.69, 9.17) is 0 Å². The van der Waals surface area contributed by atoms with Gasteiger partial charge in [-0.3, -0.25) is 9.59 Å². The van der Waals surface area contributed by atoms with Gasteiger partial charge in [0.15, 0.2) is 5.12 Å². The molecule has 0 heterocycles. The number of aliphatic hydroxyl groups excluding tert-OH is 1. The molecule has 0 saturated carbocycles. The molecule has 0 unspecified atom stereocenters. The number of carbonyl (C=O) groups is 2. The highest BCUT2D eigenvalue weighted by molar-refractivity contribution is 8.13. The van der Waals surface area contributed by atoms with E-state index in [-0.39, 0.29) is 11.1 Å². The molecule has 0 aliphatic carbocycles. The highest BCUT2D eigenvalue weighted by Gasteiger charge is 2.22. The largest absolute Gasteiger partial charge is 0.469 e. The number of unbranched alkanes of at least 4 members (excludes halogenated alkanes) is 1. The van der Waals surface area contributed by atoms with Crippen LogP contribution in [0.15, 0.2) is 35.2 Å². The predicted octanol–water partition coefficient (Wildman–Crippen LogP) is 3.04. The first-order valence-corrected chi connectivity index (χ1v) is 7.88. The molecule has 4 nitrogen and oxygen atoms in total. The maximum absolute atomic E-state index is 12.1. The maximum Gasteiger partial charge on any atom is 0.305 e. The minimum Gasteiger partial charge on any atom is -0.469 e. The van der Waals surface area contributed by atoms with E-state index < -0.39 is 12.0 Å². The third kappa shape index (κ3) is 6.78. The summed E-state index contributed by atoms with van der Waals surface area (Å²) in [5.41, 5.74) is 0. The average molecular weight is 310 g/mol. The van der Waals surface area contributed by atoms with E-state index >= 15 is 0 Å². The SMILES string of the molecule is COC(=O)CCCC[C@@H](O)[C@H](C)C(=O)Sc1ccccc1. The van der Waals surface area contributed by atoms with Gasteiger partial charge in [0, 0.05) is 11.3 Å². The molecule has 2 atom stereocenters. The van der Waals surface area contributed by atoms with Crippen LogP contribution in [0.3, 0.4) is 0 Å². The quantitative estimate of drug-likeness (QED) is 0.454. The third-order valence-electron chi connectivity index (χ3n) is 3.27. The van der Waals surface area contributed by atoms with Gasteiger partial charge in [-0.25, -0.2) is 0 Å². The zero-order chi connectivity index (χ0) is 15.7. The van der Waals surface area contributed by atoms with Crippen molar-refractivity contribution in [2.75, 3.05) is 7.11 Å². The maximum atomic E-state index is 12.1. The number of carbonyl (C=O) groups excluding carboxylic acids is 2. The second-order valence-corrected chi connectivity index (χ2v) is 5.99. The molecule has 0 spiro atoms. The second-order valence-electron chi connectivity index (χ2n) is 4.91. The lowest BCUT2D eigenvalue weighted by Gasteiger charge is -2.17. The second kappa shape index (κ2) is 9.58. The molecule has 0 amide bonds. The number of rotatable bonds is 8. The lowest BCUT2D eigenvalue weighted by molar-refractivity contribution is -0.140. The summed E-state index contributed by atoms with van der Waals surface area (Å²) >= 11 is 1.15. The predicted molar refractivity (Wildman–Crippen MR) is 83.0 cm³/mol. The molecule has 0 aliphatic rings. The zero-order valence-electron chi connectivity index (χ0n) is 12.5. The molecule has 21 heavy (non-hydrogen) atoms. The first-order chi connectivity index (χ1) is 10.0. The molecule has 0 fully saturated rings. The van der Waals surface area contributed by atoms with Crippen LogP contribution in [0.25, 0.3) is 0 Å². The Hall–Kier alpha value is -1.33. The van der Waals surface area contributed by atoms with Crippen molar-refractivity contribution in [3.8, 4) is 0 Å². The highest BCUT2D eigenvalue weighted by Crippen LogP contribution is 2.25. The van der Waals surface area contributed by atoms with Gasteiger partial charge in [0.05, 0.1) is 19.1 Å². The van der Waals surface area contributed by atoms with Gasteiger partial charge in [0.1, 0.15) is 0 Å². The first kappa shape index (κ1) is 17.7. The Balaban J connectivity index is 2.31. The Labute approximate surface area is 129 Å². The summed E-state index contributed by atoms with van der Waals surface area (Å²) in [7, 11) is 1.36. The molecular weight excluding hydrogens is 288 g/mol. The van der Waals surface area contributed by atoms with E-state index in [1.165, 1.54) is 7.11 Å². The molecular formula is C16H22O4S. The number of methoxy groups -OCH3 is 1. The average Bonchev–Trinajstić information content (AvgIpc) is 2.51. The van der Waals surface area contributed by atoms with Crippen LogP contribution < -0.4 is 0 Å². The fraction of sp³-hybridized carbons (Fsp3) is 0.500. The summed E-state index contributed by atoms with van der Waals surface area (Å²) in [6.07, 6.45) is 1.55. The molecule has 0 radical (unpaired) electrons.